The summed E-state index contributed by atoms with van der Waals surface area (Å²) < 4.78 is 0. The molecule has 1 aliphatic carbocycles. The van der Waals surface area contributed by atoms with Crippen LogP contribution in [0, 0.1) is 5.41 Å². The standard InChI is InChI=1S/C14H28N2O.ClH/c1-13(2,3)10-7-12(17)16-11-14(15)8-5-4-6-9-14;/h4-11,15H2,1-3H3,(H,16,17);1H. The highest BCUT2D eigenvalue weighted by atomic mass is 35.5. The first-order chi connectivity index (χ1) is 7.81. The minimum atomic E-state index is -0.143. The molecule has 1 amide bonds. The van der Waals surface area contributed by atoms with E-state index in [1.807, 2.05) is 0 Å². The number of nitrogens with one attached hydrogen (secondary N) is 1. The van der Waals surface area contributed by atoms with Crippen LogP contribution in [-0.2, 0) is 4.79 Å². The van der Waals surface area contributed by atoms with Crippen LogP contribution in [0.4, 0.5) is 0 Å². The SMILES string of the molecule is CC(C)(C)CCC(=O)NCC1(N)CCCCC1.Cl. The van der Waals surface area contributed by atoms with Crippen molar-refractivity contribution >= 4 is 18.3 Å². The molecule has 108 valence electrons. The van der Waals surface area contributed by atoms with E-state index in [0.717, 1.165) is 19.3 Å². The fourth-order valence-electron chi connectivity index (χ4n) is 2.28. The summed E-state index contributed by atoms with van der Waals surface area (Å²) in [6.45, 7) is 7.12. The summed E-state index contributed by atoms with van der Waals surface area (Å²) in [5.41, 5.74) is 6.36. The van der Waals surface area contributed by atoms with Gasteiger partial charge in [0.25, 0.3) is 0 Å². The van der Waals surface area contributed by atoms with Gasteiger partial charge in [0, 0.05) is 18.5 Å². The smallest absolute Gasteiger partial charge is 0.220 e. The summed E-state index contributed by atoms with van der Waals surface area (Å²) >= 11 is 0. The highest BCUT2D eigenvalue weighted by Gasteiger charge is 2.27. The summed E-state index contributed by atoms with van der Waals surface area (Å²) in [6, 6.07) is 0. The summed E-state index contributed by atoms with van der Waals surface area (Å²) in [6.07, 6.45) is 7.33. The van der Waals surface area contributed by atoms with Crippen molar-refractivity contribution in [3.63, 3.8) is 0 Å². The van der Waals surface area contributed by atoms with Gasteiger partial charge in [-0.05, 0) is 24.7 Å². The lowest BCUT2D eigenvalue weighted by atomic mass is 9.82. The van der Waals surface area contributed by atoms with E-state index in [0.29, 0.717) is 13.0 Å². The van der Waals surface area contributed by atoms with Gasteiger partial charge in [-0.25, -0.2) is 0 Å². The van der Waals surface area contributed by atoms with Gasteiger partial charge >= 0.3 is 0 Å². The van der Waals surface area contributed by atoms with Crippen molar-refractivity contribution in [2.75, 3.05) is 6.54 Å². The van der Waals surface area contributed by atoms with Crippen LogP contribution in [0.5, 0.6) is 0 Å². The average molecular weight is 277 g/mol. The predicted octanol–water partition coefficient (Wildman–Crippen LogP) is 3.01. The van der Waals surface area contributed by atoms with Crippen molar-refractivity contribution in [3.05, 3.63) is 0 Å². The first kappa shape index (κ1) is 17.7. The van der Waals surface area contributed by atoms with Gasteiger partial charge in [-0.15, -0.1) is 12.4 Å². The molecule has 18 heavy (non-hydrogen) atoms. The quantitative estimate of drug-likeness (QED) is 0.829. The van der Waals surface area contributed by atoms with Gasteiger partial charge in [0.15, 0.2) is 0 Å². The molecule has 1 saturated carbocycles. The van der Waals surface area contributed by atoms with Crippen LogP contribution in [0.15, 0.2) is 0 Å². The third-order valence-electron chi connectivity index (χ3n) is 3.59. The largest absolute Gasteiger partial charge is 0.354 e. The molecule has 4 heteroatoms. The molecule has 3 nitrogen and oxygen atoms in total. The van der Waals surface area contributed by atoms with Gasteiger partial charge in [-0.3, -0.25) is 4.79 Å². The summed E-state index contributed by atoms with van der Waals surface area (Å²) in [4.78, 5) is 11.7. The Kier molecular flexibility index (Phi) is 7.23. The molecule has 3 N–H and O–H groups in total. The zero-order valence-electron chi connectivity index (χ0n) is 12.1. The van der Waals surface area contributed by atoms with Gasteiger partial charge < -0.3 is 11.1 Å². The number of amides is 1. The lowest BCUT2D eigenvalue weighted by Gasteiger charge is -2.33. The Hall–Kier alpha value is -0.280. The average Bonchev–Trinajstić information content (AvgIpc) is 2.24. The minimum Gasteiger partial charge on any atom is -0.354 e. The van der Waals surface area contributed by atoms with Crippen LogP contribution in [-0.4, -0.2) is 18.0 Å². The first-order valence-electron chi connectivity index (χ1n) is 6.86. The molecular formula is C14H29ClN2O. The van der Waals surface area contributed by atoms with E-state index in [4.69, 9.17) is 5.73 Å². The van der Waals surface area contributed by atoms with Crippen LogP contribution in [0.25, 0.3) is 0 Å². The van der Waals surface area contributed by atoms with Crippen molar-refractivity contribution in [2.45, 2.75) is 71.3 Å². The molecule has 1 rings (SSSR count). The van der Waals surface area contributed by atoms with Gasteiger partial charge in [-0.2, -0.15) is 0 Å². The second kappa shape index (κ2) is 7.34. The molecular weight excluding hydrogens is 248 g/mol. The molecule has 1 aliphatic rings. The maximum atomic E-state index is 11.7. The number of carbonyl (C=O) groups excluding carboxylic acids is 1. The normalized spacial score (nSPS) is 18.9. The molecule has 0 aromatic rings. The summed E-state index contributed by atoms with van der Waals surface area (Å²) in [5.74, 6) is 0.148. The molecule has 0 aliphatic heterocycles. The second-order valence-corrected chi connectivity index (χ2v) is 6.76. The fraction of sp³-hybridized carbons (Fsp3) is 0.929. The molecule has 0 heterocycles. The van der Waals surface area contributed by atoms with Crippen LogP contribution < -0.4 is 11.1 Å². The van der Waals surface area contributed by atoms with Gasteiger partial charge in [0.2, 0.25) is 5.91 Å². The van der Waals surface area contributed by atoms with E-state index < -0.39 is 0 Å². The van der Waals surface area contributed by atoms with Crippen LogP contribution in [0.1, 0.15) is 65.7 Å². The number of hydrogen-bond donors (Lipinski definition) is 2. The zero-order valence-corrected chi connectivity index (χ0v) is 12.9. The minimum absolute atomic E-state index is 0. The van der Waals surface area contributed by atoms with Gasteiger partial charge in [0.05, 0.1) is 0 Å². The molecule has 1 fully saturated rings. The third kappa shape index (κ3) is 7.22. The Morgan fingerprint density at radius 2 is 1.78 bits per heavy atom. The molecule has 0 saturated heterocycles. The Labute approximate surface area is 118 Å². The number of rotatable bonds is 4. The van der Waals surface area contributed by atoms with Crippen molar-refractivity contribution in [2.24, 2.45) is 11.1 Å². The van der Waals surface area contributed by atoms with Crippen molar-refractivity contribution in [1.82, 2.24) is 5.32 Å². The molecule has 0 spiro atoms. The number of nitrogens with two attached hydrogens (primary N) is 1. The lowest BCUT2D eigenvalue weighted by Crippen LogP contribution is -2.51. The fourth-order valence-corrected chi connectivity index (χ4v) is 2.28. The maximum absolute atomic E-state index is 11.7. The van der Waals surface area contributed by atoms with Crippen LogP contribution >= 0.6 is 12.4 Å². The third-order valence-corrected chi connectivity index (χ3v) is 3.59. The number of carbonyl (C=O) groups is 1. The maximum Gasteiger partial charge on any atom is 0.220 e. The Morgan fingerprint density at radius 3 is 2.28 bits per heavy atom. The zero-order chi connectivity index (χ0) is 12.9. The van der Waals surface area contributed by atoms with Crippen LogP contribution in [0.2, 0.25) is 0 Å². The van der Waals surface area contributed by atoms with E-state index >= 15 is 0 Å². The van der Waals surface area contributed by atoms with E-state index in [1.54, 1.807) is 0 Å². The van der Waals surface area contributed by atoms with E-state index in [2.05, 4.69) is 26.1 Å². The van der Waals surface area contributed by atoms with E-state index in [1.165, 1.54) is 19.3 Å². The van der Waals surface area contributed by atoms with Crippen LogP contribution in [0.3, 0.4) is 0 Å². The molecule has 0 atom stereocenters. The Bertz CT molecular complexity index is 255. The van der Waals surface area contributed by atoms with E-state index in [-0.39, 0.29) is 29.3 Å². The topological polar surface area (TPSA) is 55.1 Å². The number of hydrogen-bond acceptors (Lipinski definition) is 2. The molecule has 0 bridgehead atoms. The molecule has 0 unspecified atom stereocenters. The first-order valence-corrected chi connectivity index (χ1v) is 6.86. The molecule has 0 aromatic heterocycles. The Balaban J connectivity index is 0.00000289. The van der Waals surface area contributed by atoms with Gasteiger partial charge in [0.1, 0.15) is 0 Å². The highest BCUT2D eigenvalue weighted by Crippen LogP contribution is 2.25. The van der Waals surface area contributed by atoms with Crippen molar-refractivity contribution in [1.29, 1.82) is 0 Å². The lowest BCUT2D eigenvalue weighted by molar-refractivity contribution is -0.121. The Morgan fingerprint density at radius 1 is 1.22 bits per heavy atom. The van der Waals surface area contributed by atoms with Gasteiger partial charge in [-0.1, -0.05) is 40.0 Å². The van der Waals surface area contributed by atoms with Crippen molar-refractivity contribution < 1.29 is 4.79 Å². The monoisotopic (exact) mass is 276 g/mol. The van der Waals surface area contributed by atoms with E-state index in [9.17, 15) is 4.79 Å². The number of halogens is 1. The summed E-state index contributed by atoms with van der Waals surface area (Å²) in [5, 5.41) is 3.00. The highest BCUT2D eigenvalue weighted by molar-refractivity contribution is 5.85. The molecule has 0 aromatic carbocycles. The van der Waals surface area contributed by atoms with Crippen molar-refractivity contribution in [3.8, 4) is 0 Å². The summed E-state index contributed by atoms with van der Waals surface area (Å²) in [7, 11) is 0. The second-order valence-electron chi connectivity index (χ2n) is 6.76. The molecule has 0 radical (unpaired) electrons. The predicted molar refractivity (Wildman–Crippen MR) is 79.0 cm³/mol.